The molecule has 6 rings (SSSR count). The maximum Gasteiger partial charge on any atom is 0.338 e. The molecule has 2 fully saturated rings. The third-order valence-corrected chi connectivity index (χ3v) is 12.2. The number of hydrogen-bond acceptors (Lipinski definition) is 11. The summed E-state index contributed by atoms with van der Waals surface area (Å²) in [5.74, 6) is -1.26. The number of ether oxygens (including phenoxy) is 9. The minimum atomic E-state index is -1.40. The van der Waals surface area contributed by atoms with Gasteiger partial charge in [-0.25, -0.2) is 9.59 Å². The maximum absolute atomic E-state index is 14.0. The zero-order valence-electron chi connectivity index (χ0n) is 34.2. The Morgan fingerprint density at radius 2 is 1.03 bits per heavy atom. The molecule has 0 N–H and O–H groups in total. The van der Waals surface area contributed by atoms with Crippen molar-refractivity contribution in [3.63, 3.8) is 0 Å². The molecule has 2 aliphatic heterocycles. The van der Waals surface area contributed by atoms with E-state index in [1.54, 1.807) is 54.6 Å². The monoisotopic (exact) mass is 846 g/mol. The fourth-order valence-corrected chi connectivity index (χ4v) is 7.99. The summed E-state index contributed by atoms with van der Waals surface area (Å²) >= 11 is 6.90. The van der Waals surface area contributed by atoms with Crippen molar-refractivity contribution >= 4 is 31.6 Å². The van der Waals surface area contributed by atoms with Gasteiger partial charge in [0.05, 0.1) is 36.5 Å². The summed E-state index contributed by atoms with van der Waals surface area (Å²) in [6.45, 7) is 11.3. The van der Waals surface area contributed by atoms with Gasteiger partial charge in [0.2, 0.25) is 0 Å². The number of benzene rings is 4. The zero-order valence-corrected chi connectivity index (χ0v) is 36.0. The third kappa shape index (κ3) is 12.8. The summed E-state index contributed by atoms with van der Waals surface area (Å²) < 4.78 is 57.8. The first-order valence-electron chi connectivity index (χ1n) is 20.1. The van der Waals surface area contributed by atoms with E-state index in [9.17, 15) is 9.59 Å². The summed E-state index contributed by atoms with van der Waals surface area (Å²) in [6, 6.07) is 37.5. The minimum Gasteiger partial charge on any atom is -0.452 e. The lowest BCUT2D eigenvalue weighted by Crippen LogP contribution is -2.65. The van der Waals surface area contributed by atoms with E-state index in [0.717, 1.165) is 17.2 Å². The predicted molar refractivity (Wildman–Crippen MR) is 225 cm³/mol. The number of alkyl halides is 1. The standard InChI is InChI=1S/C46H55ClO11Si/c1-31-38(52-29-34-20-12-7-13-21-34)40(41(43(47)54-31)56-44(48)35-22-14-8-15-23-35)58-46-42(57-45(49)36-24-16-9-17-25-36)39(53-30-50-26-27-59(3,4)5)37(32(2)55-46)51-28-33-18-10-6-11-19-33/h6-25,31-32,37-43,46H,26-30H2,1-5H3/t31-,32-,37-,38-,39+,40+,41+,42+,43+,46-/m0/s1. The summed E-state index contributed by atoms with van der Waals surface area (Å²) in [5, 5.41) is 0. The second-order valence-corrected chi connectivity index (χ2v) is 22.0. The quantitative estimate of drug-likeness (QED) is 0.0316. The largest absolute Gasteiger partial charge is 0.452 e. The third-order valence-electron chi connectivity index (χ3n) is 10.1. The normalized spacial score (nSPS) is 27.2. The first kappa shape index (κ1) is 44.6. The molecule has 2 heterocycles. The van der Waals surface area contributed by atoms with Gasteiger partial charge in [-0.15, -0.1) is 0 Å². The molecule has 10 atom stereocenters. The Labute approximate surface area is 353 Å². The molecular weight excluding hydrogens is 792 g/mol. The average Bonchev–Trinajstić information content (AvgIpc) is 3.23. The Morgan fingerprint density at radius 3 is 1.54 bits per heavy atom. The van der Waals surface area contributed by atoms with Crippen molar-refractivity contribution in [2.75, 3.05) is 13.4 Å². The summed E-state index contributed by atoms with van der Waals surface area (Å²) in [4.78, 5) is 27.6. The minimum absolute atomic E-state index is 0.0998. The van der Waals surface area contributed by atoms with Crippen LogP contribution in [0.25, 0.3) is 0 Å². The van der Waals surface area contributed by atoms with Gasteiger partial charge in [0.25, 0.3) is 0 Å². The van der Waals surface area contributed by atoms with Crippen LogP contribution in [0.3, 0.4) is 0 Å². The average molecular weight is 847 g/mol. The summed E-state index contributed by atoms with van der Waals surface area (Å²) in [7, 11) is -1.40. The first-order chi connectivity index (χ1) is 28.5. The Bertz CT molecular complexity index is 1870. The van der Waals surface area contributed by atoms with E-state index >= 15 is 0 Å². The van der Waals surface area contributed by atoms with Crippen molar-refractivity contribution in [1.29, 1.82) is 0 Å². The lowest BCUT2D eigenvalue weighted by atomic mass is 9.97. The molecule has 0 radical (unpaired) electrons. The molecule has 11 nitrogen and oxygen atoms in total. The van der Waals surface area contributed by atoms with Crippen molar-refractivity contribution in [2.45, 2.75) is 113 Å². The van der Waals surface area contributed by atoms with Crippen LogP contribution in [0.4, 0.5) is 0 Å². The molecule has 0 spiro atoms. The van der Waals surface area contributed by atoms with Crippen LogP contribution < -0.4 is 0 Å². The number of rotatable bonds is 18. The molecule has 4 aromatic carbocycles. The Kier molecular flexibility index (Phi) is 16.3. The Morgan fingerprint density at radius 1 is 0.576 bits per heavy atom. The van der Waals surface area contributed by atoms with Crippen LogP contribution in [0, 0.1) is 0 Å². The highest BCUT2D eigenvalue weighted by Crippen LogP contribution is 2.36. The molecule has 2 saturated heterocycles. The maximum atomic E-state index is 14.0. The van der Waals surface area contributed by atoms with E-state index in [1.807, 2.05) is 80.6 Å². The molecule has 13 heteroatoms. The summed E-state index contributed by atoms with van der Waals surface area (Å²) in [6.07, 6.45) is -8.57. The van der Waals surface area contributed by atoms with Crippen LogP contribution in [0.1, 0.15) is 45.7 Å². The lowest BCUT2D eigenvalue weighted by molar-refractivity contribution is -0.345. The van der Waals surface area contributed by atoms with Crippen LogP contribution in [0.15, 0.2) is 121 Å². The van der Waals surface area contributed by atoms with E-state index in [4.69, 9.17) is 54.2 Å². The summed E-state index contributed by atoms with van der Waals surface area (Å²) in [5.41, 5.74) is 1.33. The van der Waals surface area contributed by atoms with E-state index in [0.29, 0.717) is 17.7 Å². The first-order valence-corrected chi connectivity index (χ1v) is 24.2. The molecule has 0 bridgehead atoms. The second-order valence-electron chi connectivity index (χ2n) is 16.0. The molecule has 2 aliphatic rings. The molecule has 316 valence electrons. The zero-order chi connectivity index (χ0) is 41.8. The molecular formula is C46H55ClO11Si. The van der Waals surface area contributed by atoms with Gasteiger partial charge >= 0.3 is 11.9 Å². The highest BCUT2D eigenvalue weighted by atomic mass is 35.5. The van der Waals surface area contributed by atoms with Crippen LogP contribution >= 0.6 is 11.6 Å². The molecule has 0 aromatic heterocycles. The number of hydrogen-bond donors (Lipinski definition) is 0. The highest BCUT2D eigenvalue weighted by Gasteiger charge is 2.54. The Balaban J connectivity index is 1.35. The number of esters is 2. The number of carbonyl (C=O) groups excluding carboxylic acids is 2. The van der Waals surface area contributed by atoms with Gasteiger partial charge in [0, 0.05) is 14.7 Å². The van der Waals surface area contributed by atoms with E-state index < -0.39 is 80.7 Å². The van der Waals surface area contributed by atoms with Crippen molar-refractivity contribution in [2.24, 2.45) is 0 Å². The second kappa shape index (κ2) is 21.5. The topological polar surface area (TPSA) is 117 Å². The van der Waals surface area contributed by atoms with Gasteiger partial charge in [-0.2, -0.15) is 0 Å². The van der Waals surface area contributed by atoms with Gasteiger partial charge in [-0.1, -0.05) is 128 Å². The molecule has 0 unspecified atom stereocenters. The van der Waals surface area contributed by atoms with E-state index in [2.05, 4.69) is 19.6 Å². The van der Waals surface area contributed by atoms with Gasteiger partial charge < -0.3 is 42.6 Å². The van der Waals surface area contributed by atoms with Crippen LogP contribution in [-0.2, 0) is 55.8 Å². The van der Waals surface area contributed by atoms with Crippen molar-refractivity contribution < 1.29 is 52.2 Å². The van der Waals surface area contributed by atoms with Crippen molar-refractivity contribution in [1.82, 2.24) is 0 Å². The predicted octanol–water partition coefficient (Wildman–Crippen LogP) is 8.42. The number of halogens is 1. The fraction of sp³-hybridized carbons (Fsp3) is 0.435. The highest BCUT2D eigenvalue weighted by molar-refractivity contribution is 6.76. The fourth-order valence-electron chi connectivity index (χ4n) is 6.88. The molecule has 4 aromatic rings. The van der Waals surface area contributed by atoms with Crippen LogP contribution in [0.5, 0.6) is 0 Å². The van der Waals surface area contributed by atoms with E-state index in [-0.39, 0.29) is 20.0 Å². The van der Waals surface area contributed by atoms with Gasteiger partial charge in [-0.3, -0.25) is 0 Å². The van der Waals surface area contributed by atoms with Gasteiger partial charge in [0.15, 0.2) is 24.1 Å². The van der Waals surface area contributed by atoms with E-state index in [1.165, 1.54) is 0 Å². The van der Waals surface area contributed by atoms with Gasteiger partial charge in [-0.05, 0) is 55.3 Å². The van der Waals surface area contributed by atoms with Crippen molar-refractivity contribution in [3.8, 4) is 0 Å². The Hall–Kier alpha value is -3.95. The SMILES string of the molecule is C[C@@H]1O[C@@H](Cl)[C@H](OC(=O)c2ccccc2)[C@H](O[C@@H]2O[C@@H](C)[C@H](OCc3ccccc3)[C@@H](OCOCC[Si](C)(C)C)[C@H]2OC(=O)c2ccccc2)[C@H]1OCc1ccccc1. The van der Waals surface area contributed by atoms with Gasteiger partial charge in [0.1, 0.15) is 31.2 Å². The number of carbonyl (C=O) groups is 2. The molecule has 59 heavy (non-hydrogen) atoms. The smallest absolute Gasteiger partial charge is 0.338 e. The van der Waals surface area contributed by atoms with Crippen LogP contribution in [-0.4, -0.2) is 94.1 Å². The lowest BCUT2D eigenvalue weighted by Gasteiger charge is -2.48. The molecule has 0 amide bonds. The van der Waals surface area contributed by atoms with Crippen LogP contribution in [0.2, 0.25) is 25.7 Å². The molecule has 0 saturated carbocycles. The molecule has 0 aliphatic carbocycles. The van der Waals surface area contributed by atoms with Crippen molar-refractivity contribution in [3.05, 3.63) is 144 Å².